The highest BCUT2D eigenvalue weighted by molar-refractivity contribution is 14.1. The van der Waals surface area contributed by atoms with Gasteiger partial charge in [-0.2, -0.15) is 0 Å². The van der Waals surface area contributed by atoms with E-state index < -0.39 is 0 Å². The van der Waals surface area contributed by atoms with Crippen molar-refractivity contribution in [1.82, 2.24) is 4.98 Å². The highest BCUT2D eigenvalue weighted by atomic mass is 127. The second kappa shape index (κ2) is 3.60. The predicted molar refractivity (Wildman–Crippen MR) is 58.2 cm³/mol. The van der Waals surface area contributed by atoms with Gasteiger partial charge in [0.1, 0.15) is 5.82 Å². The first-order chi connectivity index (χ1) is 5.84. The lowest BCUT2D eigenvalue weighted by atomic mass is 10.4. The fraction of sp³-hybridized carbons (Fsp3) is 0.444. The standard InChI is InChI=1S/C9H11IN2/c10-8-3-4-11-9(5-8)12-6-7-1-2-7/h3-5,7H,1-2,6H2,(H,11,12). The molecule has 1 aliphatic rings. The lowest BCUT2D eigenvalue weighted by Crippen LogP contribution is -2.04. The number of nitrogens with one attached hydrogen (secondary N) is 1. The molecule has 2 nitrogen and oxygen atoms in total. The molecule has 1 aliphatic carbocycles. The molecule has 1 aromatic heterocycles. The molecule has 2 rings (SSSR count). The Balaban J connectivity index is 1.92. The third-order valence-electron chi connectivity index (χ3n) is 1.99. The van der Waals surface area contributed by atoms with Crippen molar-refractivity contribution >= 4 is 28.4 Å². The zero-order valence-electron chi connectivity index (χ0n) is 6.76. The molecule has 1 saturated carbocycles. The van der Waals surface area contributed by atoms with Gasteiger partial charge >= 0.3 is 0 Å². The van der Waals surface area contributed by atoms with E-state index >= 15 is 0 Å². The molecule has 0 aromatic carbocycles. The molecule has 0 aliphatic heterocycles. The average molecular weight is 274 g/mol. The lowest BCUT2D eigenvalue weighted by molar-refractivity contribution is 0.883. The Morgan fingerprint density at radius 2 is 2.42 bits per heavy atom. The SMILES string of the molecule is Ic1ccnc(NCC2CC2)c1. The van der Waals surface area contributed by atoms with Gasteiger partial charge in [-0.3, -0.25) is 0 Å². The van der Waals surface area contributed by atoms with Gasteiger partial charge in [-0.1, -0.05) is 0 Å². The van der Waals surface area contributed by atoms with Crippen molar-refractivity contribution in [2.45, 2.75) is 12.8 Å². The van der Waals surface area contributed by atoms with Crippen LogP contribution < -0.4 is 5.32 Å². The maximum Gasteiger partial charge on any atom is 0.126 e. The van der Waals surface area contributed by atoms with E-state index in [4.69, 9.17) is 0 Å². The first-order valence-electron chi connectivity index (χ1n) is 4.20. The molecule has 1 N–H and O–H groups in total. The van der Waals surface area contributed by atoms with Crippen LogP contribution in [-0.2, 0) is 0 Å². The third kappa shape index (κ3) is 2.33. The van der Waals surface area contributed by atoms with Gasteiger partial charge in [0.05, 0.1) is 0 Å². The van der Waals surface area contributed by atoms with Gasteiger partial charge in [-0.15, -0.1) is 0 Å². The summed E-state index contributed by atoms with van der Waals surface area (Å²) in [6, 6.07) is 4.08. The van der Waals surface area contributed by atoms with Gasteiger partial charge < -0.3 is 5.32 Å². The minimum atomic E-state index is 0.907. The van der Waals surface area contributed by atoms with Crippen LogP contribution in [0, 0.1) is 9.49 Å². The molecule has 1 heterocycles. The van der Waals surface area contributed by atoms with Crippen molar-refractivity contribution < 1.29 is 0 Å². The van der Waals surface area contributed by atoms with Crippen LogP contribution in [0.5, 0.6) is 0 Å². The second-order valence-electron chi connectivity index (χ2n) is 3.18. The van der Waals surface area contributed by atoms with E-state index in [1.54, 1.807) is 0 Å². The molecule has 3 heteroatoms. The van der Waals surface area contributed by atoms with E-state index in [2.05, 4.69) is 39.0 Å². The summed E-state index contributed by atoms with van der Waals surface area (Å²) in [5, 5.41) is 3.33. The van der Waals surface area contributed by atoms with E-state index in [-0.39, 0.29) is 0 Å². The Morgan fingerprint density at radius 3 is 3.08 bits per heavy atom. The normalized spacial score (nSPS) is 16.1. The van der Waals surface area contributed by atoms with Crippen LogP contribution in [0.15, 0.2) is 18.3 Å². The van der Waals surface area contributed by atoms with Crippen LogP contribution in [0.3, 0.4) is 0 Å². The van der Waals surface area contributed by atoms with Gasteiger partial charge in [0, 0.05) is 16.3 Å². The summed E-state index contributed by atoms with van der Waals surface area (Å²) in [7, 11) is 0. The molecule has 1 aromatic rings. The lowest BCUT2D eigenvalue weighted by Gasteiger charge is -2.03. The van der Waals surface area contributed by atoms with E-state index in [1.165, 1.54) is 16.4 Å². The molecule has 0 bridgehead atoms. The Bertz CT molecular complexity index is 271. The molecule has 0 atom stereocenters. The van der Waals surface area contributed by atoms with Gasteiger partial charge in [0.15, 0.2) is 0 Å². The van der Waals surface area contributed by atoms with Crippen LogP contribution >= 0.6 is 22.6 Å². The zero-order chi connectivity index (χ0) is 8.39. The third-order valence-corrected chi connectivity index (χ3v) is 2.66. The van der Waals surface area contributed by atoms with Crippen LogP contribution in [0.2, 0.25) is 0 Å². The molecule has 1 fully saturated rings. The number of hydrogen-bond acceptors (Lipinski definition) is 2. The molecule has 0 spiro atoms. The average Bonchev–Trinajstić information content (AvgIpc) is 2.84. The topological polar surface area (TPSA) is 24.9 Å². The Morgan fingerprint density at radius 1 is 1.58 bits per heavy atom. The van der Waals surface area contributed by atoms with E-state index in [9.17, 15) is 0 Å². The molecule has 0 saturated heterocycles. The number of aromatic nitrogens is 1. The highest BCUT2D eigenvalue weighted by Gasteiger charge is 2.20. The van der Waals surface area contributed by atoms with Crippen molar-refractivity contribution in [2.24, 2.45) is 5.92 Å². The molecule has 64 valence electrons. The van der Waals surface area contributed by atoms with Gasteiger partial charge in [-0.05, 0) is 53.5 Å². The van der Waals surface area contributed by atoms with Crippen LogP contribution in [0.25, 0.3) is 0 Å². The maximum absolute atomic E-state index is 4.22. The molecule has 0 radical (unpaired) electrons. The van der Waals surface area contributed by atoms with Crippen molar-refractivity contribution in [1.29, 1.82) is 0 Å². The molecular weight excluding hydrogens is 263 g/mol. The van der Waals surface area contributed by atoms with Crippen LogP contribution in [-0.4, -0.2) is 11.5 Å². The smallest absolute Gasteiger partial charge is 0.126 e. The Hall–Kier alpha value is -0.320. The fourth-order valence-electron chi connectivity index (χ4n) is 1.07. The number of anilines is 1. The summed E-state index contributed by atoms with van der Waals surface area (Å²) in [4.78, 5) is 4.22. The van der Waals surface area contributed by atoms with Crippen molar-refractivity contribution in [3.8, 4) is 0 Å². The number of pyridine rings is 1. The fourth-order valence-corrected chi connectivity index (χ4v) is 1.53. The highest BCUT2D eigenvalue weighted by Crippen LogP contribution is 2.28. The summed E-state index contributed by atoms with van der Waals surface area (Å²) in [5.74, 6) is 1.92. The van der Waals surface area contributed by atoms with E-state index in [1.807, 2.05) is 12.3 Å². The molecule has 0 amide bonds. The first kappa shape index (κ1) is 8.29. The molecule has 0 unspecified atom stereocenters. The minimum Gasteiger partial charge on any atom is -0.370 e. The monoisotopic (exact) mass is 274 g/mol. The molecular formula is C9H11IN2. The van der Waals surface area contributed by atoms with Crippen LogP contribution in [0.4, 0.5) is 5.82 Å². The van der Waals surface area contributed by atoms with Gasteiger partial charge in [0.2, 0.25) is 0 Å². The summed E-state index contributed by atoms with van der Waals surface area (Å²) < 4.78 is 1.24. The Kier molecular flexibility index (Phi) is 2.48. The zero-order valence-corrected chi connectivity index (χ0v) is 8.91. The minimum absolute atomic E-state index is 0.907. The van der Waals surface area contributed by atoms with E-state index in [0.717, 1.165) is 18.3 Å². The number of hydrogen-bond donors (Lipinski definition) is 1. The maximum atomic E-state index is 4.22. The molecule has 12 heavy (non-hydrogen) atoms. The largest absolute Gasteiger partial charge is 0.370 e. The first-order valence-corrected chi connectivity index (χ1v) is 5.28. The Labute approximate surface area is 85.9 Å². The van der Waals surface area contributed by atoms with Gasteiger partial charge in [0.25, 0.3) is 0 Å². The van der Waals surface area contributed by atoms with Crippen molar-refractivity contribution in [3.05, 3.63) is 21.9 Å². The van der Waals surface area contributed by atoms with Crippen LogP contribution in [0.1, 0.15) is 12.8 Å². The predicted octanol–water partition coefficient (Wildman–Crippen LogP) is 2.51. The number of rotatable bonds is 3. The van der Waals surface area contributed by atoms with Gasteiger partial charge in [-0.25, -0.2) is 4.98 Å². The van der Waals surface area contributed by atoms with Crippen molar-refractivity contribution in [3.63, 3.8) is 0 Å². The summed E-state index contributed by atoms with van der Waals surface area (Å²) in [6.45, 7) is 1.09. The van der Waals surface area contributed by atoms with E-state index in [0.29, 0.717) is 0 Å². The quantitative estimate of drug-likeness (QED) is 0.857. The second-order valence-corrected chi connectivity index (χ2v) is 4.43. The summed E-state index contributed by atoms with van der Waals surface area (Å²) in [6.07, 6.45) is 4.62. The van der Waals surface area contributed by atoms with Crippen molar-refractivity contribution in [2.75, 3.05) is 11.9 Å². The number of halogens is 1. The summed E-state index contributed by atoms with van der Waals surface area (Å²) in [5.41, 5.74) is 0. The summed E-state index contributed by atoms with van der Waals surface area (Å²) >= 11 is 2.30. The number of nitrogens with zero attached hydrogens (tertiary/aromatic N) is 1.